The maximum atomic E-state index is 14.8. The molecule has 0 spiro atoms. The maximum absolute atomic E-state index is 14.8. The van der Waals surface area contributed by atoms with Crippen LogP contribution in [0.5, 0.6) is 0 Å². The molecule has 27 N–H and O–H groups in total. The van der Waals surface area contributed by atoms with E-state index in [2.05, 4.69) is 116 Å². The van der Waals surface area contributed by atoms with Crippen LogP contribution in [0.1, 0.15) is 205 Å². The Hall–Kier alpha value is -14.4. The molecule has 1 aliphatic rings. The van der Waals surface area contributed by atoms with Crippen molar-refractivity contribution in [1.82, 2.24) is 121 Å². The summed E-state index contributed by atoms with van der Waals surface area (Å²) in [4.78, 5) is 306. The van der Waals surface area contributed by atoms with E-state index in [9.17, 15) is 106 Å². The van der Waals surface area contributed by atoms with E-state index in [4.69, 9.17) is 17.2 Å². The number of nitrogens with one attached hydrogen (secondary N) is 20. The number of carboxylic acids is 1. The summed E-state index contributed by atoms with van der Waals surface area (Å²) in [6, 6.07) is -7.73. The van der Waals surface area contributed by atoms with Gasteiger partial charge in [-0.1, -0.05) is 150 Å². The van der Waals surface area contributed by atoms with Gasteiger partial charge in [-0.2, -0.15) is 0 Å². The molecular weight excluding hydrogens is 1890 g/mol. The van der Waals surface area contributed by atoms with Crippen molar-refractivity contribution in [2.24, 2.45) is 52.7 Å². The predicted molar refractivity (Wildman–Crippen MR) is 535 cm³/mol. The number of imidazole rings is 2. The minimum Gasteiger partial charge on any atom is -0.481 e. The average Bonchev–Trinajstić information content (AvgIpc) is 1.66. The van der Waals surface area contributed by atoms with Gasteiger partial charge in [0, 0.05) is 51.0 Å². The van der Waals surface area contributed by atoms with Crippen molar-refractivity contribution in [2.45, 2.75) is 323 Å². The summed E-state index contributed by atoms with van der Waals surface area (Å²) in [6.45, 7) is 27.6. The highest BCUT2D eigenvalue weighted by atomic mass is 16.4. The Morgan fingerprint density at radius 1 is 0.397 bits per heavy atom. The lowest BCUT2D eigenvalue weighted by atomic mass is 9.97. The molecule has 48 heteroatoms. The molecule has 1 aliphatic heterocycles. The summed E-state index contributed by atoms with van der Waals surface area (Å²) in [5.41, 5.74) is 19.2. The minimum absolute atomic E-state index is 0.00322. The fraction of sp³-hybridized carbons (Fsp3) is 0.602. The first-order valence-corrected chi connectivity index (χ1v) is 49.5. The Labute approximate surface area is 850 Å². The van der Waals surface area contributed by atoms with Crippen LogP contribution >= 0.6 is 0 Å². The molecule has 0 unspecified atom stereocenters. The lowest BCUT2D eigenvalue weighted by molar-refractivity contribution is -0.143. The second-order valence-electron chi connectivity index (χ2n) is 38.8. The van der Waals surface area contributed by atoms with Crippen molar-refractivity contribution in [3.05, 3.63) is 108 Å². The third-order valence-electron chi connectivity index (χ3n) is 24.5. The second-order valence-corrected chi connectivity index (χ2v) is 38.8. The number of amides is 20. The van der Waals surface area contributed by atoms with Crippen molar-refractivity contribution < 1.29 is 106 Å². The monoisotopic (exact) mass is 2050 g/mol. The summed E-state index contributed by atoms with van der Waals surface area (Å²) >= 11 is 0. The average molecular weight is 2050 g/mol. The number of carboxylic acid groups (broad SMARTS) is 1. The molecule has 0 aliphatic carbocycles. The number of primary amides is 1. The van der Waals surface area contributed by atoms with Crippen LogP contribution in [-0.2, 0) is 126 Å². The summed E-state index contributed by atoms with van der Waals surface area (Å²) in [5, 5.41) is 56.5. The Kier molecular flexibility index (Phi) is 50.5. The molecule has 3 heterocycles. The highest BCUT2D eigenvalue weighted by Gasteiger charge is 2.44. The van der Waals surface area contributed by atoms with E-state index in [1.807, 2.05) is 0 Å². The van der Waals surface area contributed by atoms with Crippen LogP contribution in [0.4, 0.5) is 0 Å². The number of likely N-dealkylation sites (tertiary alicyclic amines) is 1. The van der Waals surface area contributed by atoms with Gasteiger partial charge in [-0.3, -0.25) is 101 Å². The Bertz CT molecular complexity index is 5060. The molecular formula is C98H152N26O22. The molecule has 1 saturated heterocycles. The van der Waals surface area contributed by atoms with Crippen LogP contribution in [0.2, 0.25) is 0 Å². The first-order valence-electron chi connectivity index (χ1n) is 49.5. The number of carbonyl (C=O) groups is 21. The third-order valence-corrected chi connectivity index (χ3v) is 24.5. The van der Waals surface area contributed by atoms with E-state index < -0.39 is 288 Å². The van der Waals surface area contributed by atoms with Crippen molar-refractivity contribution in [1.29, 1.82) is 0 Å². The van der Waals surface area contributed by atoms with Gasteiger partial charge in [0.1, 0.15) is 109 Å². The smallest absolute Gasteiger partial charge is 0.303 e. The number of nitrogens with two attached hydrogens (primary N) is 3. The van der Waals surface area contributed by atoms with E-state index in [0.29, 0.717) is 42.5 Å². The van der Waals surface area contributed by atoms with Gasteiger partial charge in [0.15, 0.2) is 0 Å². The van der Waals surface area contributed by atoms with Crippen molar-refractivity contribution in [3.63, 3.8) is 0 Å². The number of aliphatic carboxylic acids is 1. The van der Waals surface area contributed by atoms with Gasteiger partial charge in [0.25, 0.3) is 0 Å². The van der Waals surface area contributed by atoms with Gasteiger partial charge in [-0.05, 0) is 140 Å². The van der Waals surface area contributed by atoms with Crippen molar-refractivity contribution in [3.8, 4) is 0 Å². The molecule has 0 saturated carbocycles. The van der Waals surface area contributed by atoms with E-state index in [-0.39, 0.29) is 69.6 Å². The van der Waals surface area contributed by atoms with Crippen LogP contribution < -0.4 is 113 Å². The van der Waals surface area contributed by atoms with Gasteiger partial charge in [0.05, 0.1) is 36.6 Å². The van der Waals surface area contributed by atoms with Crippen LogP contribution in [0.15, 0.2) is 85.7 Å². The second kappa shape index (κ2) is 60.4. The molecule has 4 aromatic rings. The quantitative estimate of drug-likeness (QED) is 0.0190. The molecule has 2 aromatic heterocycles. The molecule has 2 aromatic carbocycles. The summed E-state index contributed by atoms with van der Waals surface area (Å²) in [7, 11) is 0. The Balaban J connectivity index is 1.18. The lowest BCUT2D eigenvalue weighted by Gasteiger charge is -2.33. The zero-order valence-electron chi connectivity index (χ0n) is 86.4. The molecule has 48 nitrogen and oxygen atoms in total. The van der Waals surface area contributed by atoms with Crippen LogP contribution in [0.3, 0.4) is 0 Å². The molecule has 20 atom stereocenters. The fourth-order valence-electron chi connectivity index (χ4n) is 15.5. The number of nitrogens with zero attached hydrogens (tertiary/aromatic N) is 3. The van der Waals surface area contributed by atoms with E-state index >= 15 is 0 Å². The van der Waals surface area contributed by atoms with Crippen LogP contribution in [0.25, 0.3) is 0 Å². The first-order chi connectivity index (χ1) is 68.7. The number of carbonyl (C=O) groups excluding carboxylic acids is 20. The molecule has 0 bridgehead atoms. The van der Waals surface area contributed by atoms with E-state index in [0.717, 1.165) is 0 Å². The summed E-state index contributed by atoms with van der Waals surface area (Å²) in [5.74, 6) is -21.2. The summed E-state index contributed by atoms with van der Waals surface area (Å²) < 4.78 is 0. The number of benzene rings is 2. The van der Waals surface area contributed by atoms with Gasteiger partial charge in [0.2, 0.25) is 118 Å². The zero-order valence-corrected chi connectivity index (χ0v) is 86.4. The molecule has 1 fully saturated rings. The third kappa shape index (κ3) is 40.3. The molecule has 806 valence electrons. The van der Waals surface area contributed by atoms with E-state index in [1.165, 1.54) is 71.5 Å². The van der Waals surface area contributed by atoms with Crippen LogP contribution in [-0.4, -0.2) is 288 Å². The standard InChI is InChI=1S/C98H152N26O22/c1-19-54(12)79(97(145)111-59(17)84(132)113-66(35-36-74(126)127)88(136)117-70(42-63-44-102-47-105-63)91(139)114-67(80(101)128)40-61-29-22-20-23-30-61)123-86(134)60(18)109-93(141)72-34-28-38-124(72)98(146)78(53(10)11)122-96(144)77(52(8)9)121-92(140)71(43-64-45-103-48-106-64)116-85(133)57(15)107-82(130)56(14)110-94(142)76(51(6)7)120-89(137)65(33-26-27-37-99)112-83(131)58(16)108-90(138)68(39-49(2)3)118-95(143)75(50(4)5)119-73(125)46-104-87(135)69(115-81(129)55(13)100)41-62-31-24-21-25-32-62/h20-25,29-32,44-45,47-60,65-72,75-79H,19,26-28,33-43,46,99-100H2,1-18H3,(H2,101,128)(H,102,105)(H,103,106)(H,104,135)(H,107,130)(H,108,138)(H,109,141)(H,110,142)(H,111,145)(H,112,131)(H,113,132)(H,114,139)(H,115,129)(H,116,133)(H,117,136)(H,118,143)(H,119,125)(H,120,137)(H,121,140)(H,122,144)(H,123,134)(H,126,127)/t54-,55-,56-,57-,58-,59-,60-,65-,66-,67-,68-,69-,70-,71-,72-,75-,76-,77-,78-,79-/m0/s1. The molecule has 146 heavy (non-hydrogen) atoms. The predicted octanol–water partition coefficient (Wildman–Crippen LogP) is -3.61. The number of rotatable bonds is 61. The number of aromatic nitrogens is 4. The van der Waals surface area contributed by atoms with Gasteiger partial charge >= 0.3 is 5.97 Å². The first kappa shape index (κ1) is 122. The summed E-state index contributed by atoms with van der Waals surface area (Å²) in [6.07, 6.45) is 5.53. The normalized spacial score (nSPS) is 16.3. The van der Waals surface area contributed by atoms with Gasteiger partial charge < -0.3 is 133 Å². The number of H-pyrrole nitrogens is 2. The number of hydrogen-bond donors (Lipinski definition) is 24. The van der Waals surface area contributed by atoms with Crippen LogP contribution in [0, 0.1) is 35.5 Å². The molecule has 5 rings (SSSR count). The number of hydrogen-bond acceptors (Lipinski definition) is 25. The lowest BCUT2D eigenvalue weighted by Crippen LogP contribution is -2.62. The van der Waals surface area contributed by atoms with Crippen molar-refractivity contribution in [2.75, 3.05) is 19.6 Å². The zero-order chi connectivity index (χ0) is 109. The van der Waals surface area contributed by atoms with Crippen molar-refractivity contribution >= 4 is 124 Å². The van der Waals surface area contributed by atoms with Gasteiger partial charge in [-0.15, -0.1) is 0 Å². The van der Waals surface area contributed by atoms with E-state index in [1.54, 1.807) is 144 Å². The highest BCUT2D eigenvalue weighted by Crippen LogP contribution is 2.23. The number of aromatic amines is 2. The van der Waals surface area contributed by atoms with Gasteiger partial charge in [-0.25, -0.2) is 9.97 Å². The molecule has 0 radical (unpaired) electrons. The SMILES string of the molecule is CC[C@H](C)[C@H](NC(=O)[C@H](C)NC(=O)[C@@H]1CCCN1C(=O)[C@@H](NC(=O)[C@@H](NC(=O)[C@H](Cc1c[nH]cn1)NC(=O)[C@H](C)NC(=O)[C@H](C)NC(=O)[C@@H](NC(=O)[C@H](CCCCN)NC(=O)[C@H](C)NC(=O)[C@H](CC(C)C)NC(=O)[C@@H](NC(=O)CNC(=O)[C@H](Cc1ccccc1)NC(=O)[C@H](C)N)C(C)C)C(C)C)C(C)C)C(C)C)C(=O)N[C@@H](C)C(=O)N[C@@H](CCC(=O)O)C(=O)N[C@@H](Cc1c[nH]cn1)C(=O)N[C@@H](Cc1ccccc1)C(N)=O. The Morgan fingerprint density at radius 2 is 0.760 bits per heavy atom. The molecule has 20 amide bonds. The topological polar surface area (TPSA) is 734 Å². The fourth-order valence-corrected chi connectivity index (χ4v) is 15.5. The maximum Gasteiger partial charge on any atom is 0.303 e. The number of unbranched alkanes of at least 4 members (excludes halogenated alkanes) is 1. The Morgan fingerprint density at radius 3 is 1.22 bits per heavy atom. The highest BCUT2D eigenvalue weighted by molar-refractivity contribution is 6.02. The minimum atomic E-state index is -1.62. The largest absolute Gasteiger partial charge is 0.481 e.